The lowest BCUT2D eigenvalue weighted by atomic mass is 9.99. The van der Waals surface area contributed by atoms with Crippen LogP contribution >= 0.6 is 11.6 Å². The van der Waals surface area contributed by atoms with E-state index in [1.165, 1.54) is 0 Å². The molecule has 1 unspecified atom stereocenters. The first-order valence-electron chi connectivity index (χ1n) is 7.83. The zero-order valence-electron chi connectivity index (χ0n) is 13.5. The summed E-state index contributed by atoms with van der Waals surface area (Å²) in [5.41, 5.74) is 1.44. The molecule has 0 saturated carbocycles. The summed E-state index contributed by atoms with van der Waals surface area (Å²) in [5.74, 6) is -0.845. The highest BCUT2D eigenvalue weighted by Gasteiger charge is 2.15. The molecule has 0 saturated heterocycles. The Hall–Kier alpha value is -1.55. The quantitative estimate of drug-likeness (QED) is 0.747. The molecule has 4 nitrogen and oxygen atoms in total. The molecule has 5 heteroatoms. The highest BCUT2D eigenvalue weighted by atomic mass is 35.5. The molecule has 1 rings (SSSR count). The van der Waals surface area contributed by atoms with Crippen LogP contribution in [0.1, 0.15) is 45.1 Å². The Kier molecular flexibility index (Phi) is 7.96. The van der Waals surface area contributed by atoms with Gasteiger partial charge in [0.25, 0.3) is 0 Å². The van der Waals surface area contributed by atoms with Crippen molar-refractivity contribution in [1.29, 1.82) is 0 Å². The number of hydrogen-bond acceptors (Lipinski definition) is 2. The number of unbranched alkanes of at least 4 members (excludes halogenated alkanes) is 1. The third-order valence-corrected chi connectivity index (χ3v) is 4.14. The number of hydrogen-bond donors (Lipinski definition) is 2. The van der Waals surface area contributed by atoms with Crippen molar-refractivity contribution in [3.05, 3.63) is 28.8 Å². The van der Waals surface area contributed by atoms with Crippen molar-refractivity contribution in [2.75, 3.05) is 11.9 Å². The minimum absolute atomic E-state index is 0.422. The number of aryl methyl sites for hydroxylation is 1. The zero-order valence-corrected chi connectivity index (χ0v) is 14.3. The van der Waals surface area contributed by atoms with Crippen molar-refractivity contribution in [2.24, 2.45) is 5.92 Å². The fourth-order valence-corrected chi connectivity index (χ4v) is 2.30. The van der Waals surface area contributed by atoms with E-state index in [-0.39, 0.29) is 0 Å². The minimum atomic E-state index is -0.662. The van der Waals surface area contributed by atoms with Gasteiger partial charge in [-0.3, -0.25) is 9.59 Å². The molecule has 2 N–H and O–H groups in total. The Morgan fingerprint density at radius 3 is 2.55 bits per heavy atom. The lowest BCUT2D eigenvalue weighted by Gasteiger charge is -2.15. The first-order chi connectivity index (χ1) is 10.5. The summed E-state index contributed by atoms with van der Waals surface area (Å²) in [6.07, 6.45) is 4.35. The summed E-state index contributed by atoms with van der Waals surface area (Å²) < 4.78 is 0. The van der Waals surface area contributed by atoms with Crippen molar-refractivity contribution < 1.29 is 9.59 Å². The molecule has 0 radical (unpaired) electrons. The summed E-state index contributed by atoms with van der Waals surface area (Å²) in [7, 11) is 0. The highest BCUT2D eigenvalue weighted by molar-refractivity contribution is 6.39. The SMILES string of the molecule is CCCCC(CC)CNC(=O)C(=O)Nc1ccc(C)c(Cl)c1. The Bertz CT molecular complexity index is 517. The largest absolute Gasteiger partial charge is 0.348 e. The van der Waals surface area contributed by atoms with Crippen LogP contribution in [-0.2, 0) is 9.59 Å². The molecule has 0 spiro atoms. The topological polar surface area (TPSA) is 58.2 Å². The van der Waals surface area contributed by atoms with Gasteiger partial charge in [0.05, 0.1) is 0 Å². The summed E-state index contributed by atoms with van der Waals surface area (Å²) in [4.78, 5) is 23.7. The van der Waals surface area contributed by atoms with E-state index in [0.717, 1.165) is 31.2 Å². The van der Waals surface area contributed by atoms with E-state index < -0.39 is 11.8 Å². The number of amides is 2. The van der Waals surface area contributed by atoms with Crippen molar-refractivity contribution in [2.45, 2.75) is 46.5 Å². The number of nitrogens with one attached hydrogen (secondary N) is 2. The Morgan fingerprint density at radius 1 is 1.23 bits per heavy atom. The monoisotopic (exact) mass is 324 g/mol. The van der Waals surface area contributed by atoms with Crippen LogP contribution in [0.15, 0.2) is 18.2 Å². The molecule has 22 heavy (non-hydrogen) atoms. The standard InChI is InChI=1S/C17H25ClN2O2/c1-4-6-7-13(5-2)11-19-16(21)17(22)20-14-9-8-12(3)15(18)10-14/h8-10,13H,4-7,11H2,1-3H3,(H,19,21)(H,20,22). The Balaban J connectivity index is 2.47. The van der Waals surface area contributed by atoms with E-state index >= 15 is 0 Å². The van der Waals surface area contributed by atoms with Gasteiger partial charge in [-0.05, 0) is 37.0 Å². The van der Waals surface area contributed by atoms with Crippen LogP contribution in [0, 0.1) is 12.8 Å². The second-order valence-corrected chi connectivity index (χ2v) is 5.95. The maximum atomic E-state index is 11.9. The summed E-state index contributed by atoms with van der Waals surface area (Å²) in [6.45, 7) is 6.66. The number of carbonyl (C=O) groups is 2. The van der Waals surface area contributed by atoms with Crippen LogP contribution in [0.5, 0.6) is 0 Å². The fraction of sp³-hybridized carbons (Fsp3) is 0.529. The molecule has 0 fully saturated rings. The van der Waals surface area contributed by atoms with E-state index in [4.69, 9.17) is 11.6 Å². The minimum Gasteiger partial charge on any atom is -0.348 e. The van der Waals surface area contributed by atoms with Gasteiger partial charge in [-0.15, -0.1) is 0 Å². The average Bonchev–Trinajstić information content (AvgIpc) is 2.50. The zero-order chi connectivity index (χ0) is 16.5. The van der Waals surface area contributed by atoms with E-state index in [9.17, 15) is 9.59 Å². The van der Waals surface area contributed by atoms with Crippen LogP contribution < -0.4 is 10.6 Å². The first kappa shape index (κ1) is 18.5. The molecule has 0 heterocycles. The predicted octanol–water partition coefficient (Wildman–Crippen LogP) is 3.92. The van der Waals surface area contributed by atoms with Gasteiger partial charge in [0, 0.05) is 17.3 Å². The van der Waals surface area contributed by atoms with Gasteiger partial charge < -0.3 is 10.6 Å². The van der Waals surface area contributed by atoms with Gasteiger partial charge >= 0.3 is 11.8 Å². The second-order valence-electron chi connectivity index (χ2n) is 5.54. The molecule has 1 aromatic carbocycles. The number of carbonyl (C=O) groups excluding carboxylic acids is 2. The average molecular weight is 325 g/mol. The lowest BCUT2D eigenvalue weighted by Crippen LogP contribution is -2.38. The van der Waals surface area contributed by atoms with Gasteiger partial charge in [-0.25, -0.2) is 0 Å². The van der Waals surface area contributed by atoms with Crippen LogP contribution in [0.3, 0.4) is 0 Å². The lowest BCUT2D eigenvalue weighted by molar-refractivity contribution is -0.136. The van der Waals surface area contributed by atoms with Gasteiger partial charge in [0.2, 0.25) is 0 Å². The number of rotatable bonds is 7. The van der Waals surface area contributed by atoms with Crippen LogP contribution in [-0.4, -0.2) is 18.4 Å². The Morgan fingerprint density at radius 2 is 1.95 bits per heavy atom. The molecular weight excluding hydrogens is 300 g/mol. The number of benzene rings is 1. The summed E-state index contributed by atoms with van der Waals surface area (Å²) in [6, 6.07) is 5.16. The number of anilines is 1. The summed E-state index contributed by atoms with van der Waals surface area (Å²) in [5, 5.41) is 5.82. The molecule has 0 aliphatic heterocycles. The molecule has 122 valence electrons. The van der Waals surface area contributed by atoms with Crippen molar-refractivity contribution in [1.82, 2.24) is 5.32 Å². The maximum absolute atomic E-state index is 11.9. The normalized spacial score (nSPS) is 11.8. The first-order valence-corrected chi connectivity index (χ1v) is 8.21. The third-order valence-electron chi connectivity index (χ3n) is 3.73. The maximum Gasteiger partial charge on any atom is 0.313 e. The highest BCUT2D eigenvalue weighted by Crippen LogP contribution is 2.19. The van der Waals surface area contributed by atoms with Crippen molar-refractivity contribution in [3.8, 4) is 0 Å². The van der Waals surface area contributed by atoms with Crippen molar-refractivity contribution in [3.63, 3.8) is 0 Å². The molecule has 1 aromatic rings. The van der Waals surface area contributed by atoms with Crippen LogP contribution in [0.4, 0.5) is 5.69 Å². The van der Waals surface area contributed by atoms with E-state index in [1.807, 2.05) is 6.92 Å². The predicted molar refractivity (Wildman–Crippen MR) is 91.1 cm³/mol. The van der Waals surface area contributed by atoms with E-state index in [0.29, 0.717) is 23.2 Å². The van der Waals surface area contributed by atoms with Gasteiger partial charge in [0.15, 0.2) is 0 Å². The summed E-state index contributed by atoms with van der Waals surface area (Å²) >= 11 is 6.00. The molecule has 0 aromatic heterocycles. The fourth-order valence-electron chi connectivity index (χ4n) is 2.12. The van der Waals surface area contributed by atoms with Crippen LogP contribution in [0.2, 0.25) is 5.02 Å². The molecule has 2 amide bonds. The van der Waals surface area contributed by atoms with Crippen molar-refractivity contribution >= 4 is 29.1 Å². The molecule has 0 aliphatic rings. The molecular formula is C17H25ClN2O2. The molecule has 0 aliphatic carbocycles. The smallest absolute Gasteiger partial charge is 0.313 e. The van der Waals surface area contributed by atoms with Gasteiger partial charge in [0.1, 0.15) is 0 Å². The van der Waals surface area contributed by atoms with E-state index in [1.54, 1.807) is 18.2 Å². The number of halogens is 1. The van der Waals surface area contributed by atoms with E-state index in [2.05, 4.69) is 24.5 Å². The Labute approximate surface area is 137 Å². The second kappa shape index (κ2) is 9.46. The molecule has 0 bridgehead atoms. The van der Waals surface area contributed by atoms with Gasteiger partial charge in [-0.2, -0.15) is 0 Å². The van der Waals surface area contributed by atoms with Gasteiger partial charge in [-0.1, -0.05) is 50.8 Å². The van der Waals surface area contributed by atoms with Crippen LogP contribution in [0.25, 0.3) is 0 Å². The third kappa shape index (κ3) is 6.06. The molecule has 1 atom stereocenters.